The molecule has 0 bridgehead atoms. The summed E-state index contributed by atoms with van der Waals surface area (Å²) in [5.74, 6) is 2.01. The van der Waals surface area contributed by atoms with Gasteiger partial charge in [0.2, 0.25) is 11.8 Å². The molecule has 8 nitrogen and oxygen atoms in total. The largest absolute Gasteiger partial charge is 0.497 e. The van der Waals surface area contributed by atoms with Gasteiger partial charge >= 0.3 is 0 Å². The minimum atomic E-state index is 0.0138. The lowest BCUT2D eigenvalue weighted by Gasteiger charge is -2.40. The molecule has 1 fully saturated rings. The second kappa shape index (κ2) is 17.2. The van der Waals surface area contributed by atoms with Crippen molar-refractivity contribution >= 4 is 23.6 Å². The molecule has 44 heavy (non-hydrogen) atoms. The molecule has 2 heterocycles. The Morgan fingerprint density at radius 1 is 0.864 bits per heavy atom. The number of piperazine rings is 1. The highest BCUT2D eigenvalue weighted by atomic mass is 32.2. The van der Waals surface area contributed by atoms with Crippen LogP contribution in [0, 0.1) is 6.92 Å². The number of rotatable bonds is 16. The van der Waals surface area contributed by atoms with Gasteiger partial charge in [-0.2, -0.15) is 0 Å². The summed E-state index contributed by atoms with van der Waals surface area (Å²) in [6.07, 6.45) is 11.8. The number of nitrogens with zero attached hydrogens (tertiary/aromatic N) is 5. The molecule has 1 atom stereocenters. The predicted octanol–water partition coefficient (Wildman–Crippen LogP) is 7.32. The Kier molecular flexibility index (Phi) is 13.1. The summed E-state index contributed by atoms with van der Waals surface area (Å²) in [7, 11) is 1.65. The van der Waals surface area contributed by atoms with Crippen molar-refractivity contribution in [3.8, 4) is 22.8 Å². The maximum Gasteiger partial charge on any atom is 0.233 e. The highest BCUT2D eigenvalue weighted by molar-refractivity contribution is 7.99. The first kappa shape index (κ1) is 33.6. The van der Waals surface area contributed by atoms with Gasteiger partial charge in [0, 0.05) is 43.3 Å². The number of carbonyl (C=O) groups excluding carboxylic acids is 2. The van der Waals surface area contributed by atoms with Gasteiger partial charge in [-0.15, -0.1) is 10.2 Å². The zero-order valence-electron chi connectivity index (χ0n) is 27.0. The van der Waals surface area contributed by atoms with Crippen LogP contribution in [0.2, 0.25) is 0 Å². The summed E-state index contributed by atoms with van der Waals surface area (Å²) in [6, 6.07) is 16.0. The van der Waals surface area contributed by atoms with E-state index in [0.29, 0.717) is 31.2 Å². The predicted molar refractivity (Wildman–Crippen MR) is 178 cm³/mol. The van der Waals surface area contributed by atoms with E-state index >= 15 is 0 Å². The molecule has 0 spiro atoms. The molecule has 1 aromatic heterocycles. The summed E-state index contributed by atoms with van der Waals surface area (Å²) in [5.41, 5.74) is 3.02. The summed E-state index contributed by atoms with van der Waals surface area (Å²) < 4.78 is 7.34. The first-order chi connectivity index (χ1) is 21.4. The van der Waals surface area contributed by atoms with Crippen LogP contribution in [0.15, 0.2) is 53.7 Å². The van der Waals surface area contributed by atoms with Crippen molar-refractivity contribution in [3.63, 3.8) is 0 Å². The van der Waals surface area contributed by atoms with E-state index in [2.05, 4.69) is 43.1 Å². The maximum absolute atomic E-state index is 13.3. The SMILES string of the molecule is CCCCCCCCCCCC(=O)N1CCN(C(=O)CSc2nnc(-c3ccc(C)cc3)n2-c2ccc(OC)cc2)CC1C. The average molecular weight is 620 g/mol. The second-order valence-corrected chi connectivity index (χ2v) is 12.8. The number of ether oxygens (including phenoxy) is 1. The highest BCUT2D eigenvalue weighted by Gasteiger charge is 2.29. The Labute approximate surface area is 267 Å². The standard InChI is InChI=1S/C35H49N5O3S/c1-5-6-7-8-9-10-11-12-13-14-32(41)39-24-23-38(25-28(39)3)33(42)26-44-35-37-36-34(29-17-15-27(2)16-18-29)40(35)30-19-21-31(43-4)22-20-30/h15-22,28H,5-14,23-26H2,1-4H3. The first-order valence-electron chi connectivity index (χ1n) is 16.3. The van der Waals surface area contributed by atoms with Gasteiger partial charge in [0.1, 0.15) is 5.75 Å². The van der Waals surface area contributed by atoms with Gasteiger partial charge in [-0.3, -0.25) is 14.2 Å². The molecule has 1 aliphatic rings. The third-order valence-corrected chi connectivity index (χ3v) is 9.31. The molecule has 3 aromatic rings. The molecule has 1 saturated heterocycles. The van der Waals surface area contributed by atoms with Crippen LogP contribution in [0.3, 0.4) is 0 Å². The molecule has 0 N–H and O–H groups in total. The van der Waals surface area contributed by atoms with Crippen LogP contribution in [0.25, 0.3) is 17.1 Å². The van der Waals surface area contributed by atoms with Crippen LogP contribution in [-0.4, -0.2) is 74.9 Å². The number of aromatic nitrogens is 3. The van der Waals surface area contributed by atoms with Crippen LogP contribution in [0.1, 0.15) is 83.6 Å². The fourth-order valence-corrected chi connectivity index (χ4v) is 6.57. The van der Waals surface area contributed by atoms with Crippen molar-refractivity contribution in [3.05, 3.63) is 54.1 Å². The lowest BCUT2D eigenvalue weighted by molar-refractivity contribution is -0.141. The van der Waals surface area contributed by atoms with Gasteiger partial charge in [0.05, 0.1) is 12.9 Å². The van der Waals surface area contributed by atoms with Gasteiger partial charge in [-0.1, -0.05) is 99.9 Å². The Hall–Kier alpha value is -3.33. The van der Waals surface area contributed by atoms with Crippen molar-refractivity contribution in [2.75, 3.05) is 32.5 Å². The number of hydrogen-bond acceptors (Lipinski definition) is 6. The van der Waals surface area contributed by atoms with Gasteiger partial charge in [0.25, 0.3) is 0 Å². The molecule has 0 aliphatic carbocycles. The number of hydrogen-bond donors (Lipinski definition) is 0. The van der Waals surface area contributed by atoms with E-state index in [1.165, 1.54) is 62.3 Å². The van der Waals surface area contributed by atoms with E-state index in [0.717, 1.165) is 35.7 Å². The zero-order chi connectivity index (χ0) is 31.3. The summed E-state index contributed by atoms with van der Waals surface area (Å²) in [5, 5.41) is 9.65. The van der Waals surface area contributed by atoms with Gasteiger partial charge in [0.15, 0.2) is 11.0 Å². The number of benzene rings is 2. The van der Waals surface area contributed by atoms with Gasteiger partial charge in [-0.25, -0.2) is 0 Å². The number of amides is 2. The summed E-state index contributed by atoms with van der Waals surface area (Å²) >= 11 is 1.39. The normalized spacial score (nSPS) is 15.0. The number of thioether (sulfide) groups is 1. The van der Waals surface area contributed by atoms with E-state index in [-0.39, 0.29) is 23.6 Å². The van der Waals surface area contributed by atoms with Crippen LogP contribution in [-0.2, 0) is 9.59 Å². The minimum Gasteiger partial charge on any atom is -0.497 e. The first-order valence-corrected chi connectivity index (χ1v) is 17.3. The molecule has 1 unspecified atom stereocenters. The molecule has 2 aromatic carbocycles. The number of unbranched alkanes of at least 4 members (excludes halogenated alkanes) is 8. The topological polar surface area (TPSA) is 80.6 Å². The van der Waals surface area contributed by atoms with Crippen molar-refractivity contribution in [2.24, 2.45) is 0 Å². The molecular formula is C35H49N5O3S. The third kappa shape index (κ3) is 9.34. The van der Waals surface area contributed by atoms with Crippen LogP contribution in [0.4, 0.5) is 0 Å². The lowest BCUT2D eigenvalue weighted by atomic mass is 10.1. The van der Waals surface area contributed by atoms with E-state index in [1.54, 1.807) is 7.11 Å². The van der Waals surface area contributed by atoms with Crippen molar-refractivity contribution < 1.29 is 14.3 Å². The molecular weight excluding hydrogens is 570 g/mol. The molecule has 9 heteroatoms. The molecule has 4 rings (SSSR count). The minimum absolute atomic E-state index is 0.0138. The smallest absolute Gasteiger partial charge is 0.233 e. The average Bonchev–Trinajstić information content (AvgIpc) is 3.47. The molecule has 1 aliphatic heterocycles. The van der Waals surface area contributed by atoms with E-state index in [9.17, 15) is 9.59 Å². The monoisotopic (exact) mass is 619 g/mol. The maximum atomic E-state index is 13.3. The van der Waals surface area contributed by atoms with E-state index in [4.69, 9.17) is 4.74 Å². The lowest BCUT2D eigenvalue weighted by Crippen LogP contribution is -2.55. The quantitative estimate of drug-likeness (QED) is 0.123. The van der Waals surface area contributed by atoms with Crippen LogP contribution >= 0.6 is 11.8 Å². The van der Waals surface area contributed by atoms with Crippen molar-refractivity contribution in [1.82, 2.24) is 24.6 Å². The van der Waals surface area contributed by atoms with E-state index in [1.807, 2.05) is 50.8 Å². The fourth-order valence-electron chi connectivity index (χ4n) is 5.72. The zero-order valence-corrected chi connectivity index (χ0v) is 27.8. The van der Waals surface area contributed by atoms with Gasteiger partial charge < -0.3 is 14.5 Å². The van der Waals surface area contributed by atoms with Gasteiger partial charge in [-0.05, 0) is 44.5 Å². The number of aryl methyl sites for hydroxylation is 1. The Balaban J connectivity index is 1.29. The fraction of sp³-hybridized carbons (Fsp3) is 0.543. The Morgan fingerprint density at radius 3 is 2.16 bits per heavy atom. The number of methoxy groups -OCH3 is 1. The number of carbonyl (C=O) groups is 2. The molecule has 2 amide bonds. The summed E-state index contributed by atoms with van der Waals surface area (Å²) in [6.45, 7) is 8.06. The second-order valence-electron chi connectivity index (χ2n) is 11.8. The Morgan fingerprint density at radius 2 is 1.52 bits per heavy atom. The van der Waals surface area contributed by atoms with E-state index < -0.39 is 0 Å². The summed E-state index contributed by atoms with van der Waals surface area (Å²) in [4.78, 5) is 30.1. The van der Waals surface area contributed by atoms with Crippen molar-refractivity contribution in [2.45, 2.75) is 96.2 Å². The molecule has 0 saturated carbocycles. The molecule has 0 radical (unpaired) electrons. The van der Waals surface area contributed by atoms with Crippen molar-refractivity contribution in [1.29, 1.82) is 0 Å². The van der Waals surface area contributed by atoms with Crippen LogP contribution in [0.5, 0.6) is 5.75 Å². The third-order valence-electron chi connectivity index (χ3n) is 8.39. The highest BCUT2D eigenvalue weighted by Crippen LogP contribution is 2.29. The van der Waals surface area contributed by atoms with Crippen LogP contribution < -0.4 is 4.74 Å². The molecule has 238 valence electrons. The Bertz CT molecular complexity index is 1330.